The molecule has 0 aromatic carbocycles. The molecule has 14 rings (SSSR count). The molecule has 14 heterocycles. The molecule has 4 aliphatic heterocycles. The number of amides is 4. The Kier molecular flexibility index (Phi) is 33.1. The smallest absolute Gasteiger partial charge is 0.273 e. The highest BCUT2D eigenvalue weighted by molar-refractivity contribution is 5.96. The van der Waals surface area contributed by atoms with Crippen molar-refractivity contribution in [2.24, 2.45) is 0 Å². The number of nitrogens with zero attached hydrogens (tertiary/aromatic N) is 18. The van der Waals surface area contributed by atoms with Crippen LogP contribution in [0.15, 0.2) is 192 Å². The van der Waals surface area contributed by atoms with Gasteiger partial charge in [0, 0.05) is 116 Å². The lowest BCUT2D eigenvalue weighted by Crippen LogP contribution is -2.41. The molecule has 4 fully saturated rings. The molecule has 10 aromatic heterocycles. The summed E-state index contributed by atoms with van der Waals surface area (Å²) in [6.45, 7) is 33.3. The van der Waals surface area contributed by atoms with Gasteiger partial charge in [-0.05, 0) is 110 Å². The Labute approximate surface area is 655 Å². The minimum absolute atomic E-state index is 0.00495. The molecular weight excluding hydrogens is 1420 g/mol. The number of anilines is 4. The molecule has 4 aliphatic rings. The molecule has 0 radical (unpaired) electrons. The third-order valence-corrected chi connectivity index (χ3v) is 18.0. The number of carbonyl (C=O) groups excluding carboxylic acids is 4. The van der Waals surface area contributed by atoms with E-state index < -0.39 is 0 Å². The quantitative estimate of drug-likeness (QED) is 0.0976. The van der Waals surface area contributed by atoms with E-state index in [0.29, 0.717) is 86.3 Å². The average Bonchev–Trinajstić information content (AvgIpc) is 0.880. The second-order valence-corrected chi connectivity index (χ2v) is 29.0. The standard InChI is InChI=1S/C13H18N2O.C13H14N2O.C12H13N3O.C12H17N3O.C12H13N3O.C12H16N2O2.C11H15N3O2/c2*1-10(2)12-7-6-11(9-14-12)15-8-4-3-5-13(15)16;1-9(2)11-4-3-10(7-14-11)15-6-5-13-8-12(15)16;2*1-9(2)12-13-7-10(8-14-12)15-6-4-3-5-11(15)16;1-9(2)11-4-3-10(7-13-11)14-5-6-16-8-12(14)15;1-8(2)11-12-5-9(6-13-11)14-3-4-16-7-10(14)15/h6-7,9-10H,3-5,8H2,1-2H3;3-10H,1-2H3;3-9H,1-2H3;7-9H,3-6H2,1-2H3;3-9H,1-2H3;3-4,7,9H,5-6,8H2,1-2H3;5-6,8H,3-4,7H2,1-2H3. The van der Waals surface area contributed by atoms with Gasteiger partial charge in [-0.25, -0.2) is 29.9 Å². The van der Waals surface area contributed by atoms with Crippen molar-refractivity contribution >= 4 is 46.4 Å². The average molecular weight is 1520 g/mol. The van der Waals surface area contributed by atoms with E-state index in [-0.39, 0.29) is 53.5 Å². The van der Waals surface area contributed by atoms with E-state index in [9.17, 15) is 33.6 Å². The van der Waals surface area contributed by atoms with E-state index in [2.05, 4.69) is 124 Å². The summed E-state index contributed by atoms with van der Waals surface area (Å²) >= 11 is 0. The van der Waals surface area contributed by atoms with Crippen LogP contribution in [-0.2, 0) is 28.7 Å². The number of piperidine rings is 2. The lowest BCUT2D eigenvalue weighted by Gasteiger charge is -2.26. The Morgan fingerprint density at radius 1 is 0.286 bits per heavy atom. The van der Waals surface area contributed by atoms with E-state index in [1.54, 1.807) is 118 Å². The lowest BCUT2D eigenvalue weighted by molar-refractivity contribution is -0.126. The Bertz CT molecular complexity index is 4220. The van der Waals surface area contributed by atoms with Gasteiger partial charge in [0.15, 0.2) is 0 Å². The van der Waals surface area contributed by atoms with E-state index in [4.69, 9.17) is 9.47 Å². The largest absolute Gasteiger partial charge is 0.370 e. The molecule has 0 unspecified atom stereocenters. The first-order valence-electron chi connectivity index (χ1n) is 38.3. The third-order valence-electron chi connectivity index (χ3n) is 18.0. The summed E-state index contributed by atoms with van der Waals surface area (Å²) in [6, 6.07) is 25.8. The predicted molar refractivity (Wildman–Crippen MR) is 435 cm³/mol. The number of morpholine rings is 2. The molecule has 0 bridgehead atoms. The first kappa shape index (κ1) is 86.0. The Hall–Kier alpha value is -11.6. The molecule has 0 aliphatic carbocycles. The van der Waals surface area contributed by atoms with Crippen LogP contribution in [0.2, 0.25) is 0 Å². The van der Waals surface area contributed by atoms with Crippen molar-refractivity contribution in [2.75, 3.05) is 72.2 Å². The summed E-state index contributed by atoms with van der Waals surface area (Å²) < 4.78 is 14.8. The maximum Gasteiger partial charge on any atom is 0.273 e. The zero-order valence-corrected chi connectivity index (χ0v) is 66.9. The van der Waals surface area contributed by atoms with Crippen molar-refractivity contribution in [1.29, 1.82) is 0 Å². The lowest BCUT2D eigenvalue weighted by atomic mass is 10.1. The van der Waals surface area contributed by atoms with Crippen LogP contribution in [0.1, 0.15) is 217 Å². The molecule has 4 amide bonds. The number of rotatable bonds is 14. The zero-order chi connectivity index (χ0) is 80.8. The van der Waals surface area contributed by atoms with Crippen LogP contribution in [-0.4, -0.2) is 145 Å². The second-order valence-electron chi connectivity index (χ2n) is 29.0. The highest BCUT2D eigenvalue weighted by Gasteiger charge is 2.24. The monoisotopic (exact) mass is 1520 g/mol. The predicted octanol–water partition coefficient (Wildman–Crippen LogP) is 13.2. The number of carbonyl (C=O) groups is 4. The van der Waals surface area contributed by atoms with Gasteiger partial charge in [0.2, 0.25) is 11.8 Å². The molecule has 0 atom stereocenters. The molecule has 590 valence electrons. The Morgan fingerprint density at radius 3 is 0.911 bits per heavy atom. The summed E-state index contributed by atoms with van der Waals surface area (Å²) in [7, 11) is 0. The van der Waals surface area contributed by atoms with Crippen molar-refractivity contribution in [1.82, 2.24) is 68.5 Å². The van der Waals surface area contributed by atoms with Crippen molar-refractivity contribution in [2.45, 2.75) is 177 Å². The second kappa shape index (κ2) is 43.1. The van der Waals surface area contributed by atoms with E-state index in [1.807, 2.05) is 93.4 Å². The van der Waals surface area contributed by atoms with Gasteiger partial charge in [0.25, 0.3) is 28.5 Å². The maximum absolute atomic E-state index is 11.7. The molecule has 27 nitrogen and oxygen atoms in total. The van der Waals surface area contributed by atoms with Crippen LogP contribution in [0.5, 0.6) is 0 Å². The van der Waals surface area contributed by atoms with Gasteiger partial charge in [-0.2, -0.15) is 0 Å². The summed E-state index contributed by atoms with van der Waals surface area (Å²) in [5.41, 5.74) is 9.53. The van der Waals surface area contributed by atoms with Crippen LogP contribution >= 0.6 is 0 Å². The first-order valence-corrected chi connectivity index (χ1v) is 38.3. The van der Waals surface area contributed by atoms with Crippen molar-refractivity contribution < 1.29 is 28.7 Å². The van der Waals surface area contributed by atoms with Gasteiger partial charge >= 0.3 is 0 Å². The highest BCUT2D eigenvalue weighted by Crippen LogP contribution is 2.25. The van der Waals surface area contributed by atoms with Crippen LogP contribution in [0.25, 0.3) is 17.1 Å². The van der Waals surface area contributed by atoms with Crippen LogP contribution in [0.4, 0.5) is 22.7 Å². The van der Waals surface area contributed by atoms with Gasteiger partial charge < -0.3 is 29.1 Å². The van der Waals surface area contributed by atoms with Crippen LogP contribution in [0.3, 0.4) is 0 Å². The fraction of sp³-hybridized carbons (Fsp3) is 0.412. The topological polar surface area (TPSA) is 307 Å². The van der Waals surface area contributed by atoms with E-state index in [0.717, 1.165) is 113 Å². The minimum Gasteiger partial charge on any atom is -0.370 e. The molecule has 112 heavy (non-hydrogen) atoms. The summed E-state index contributed by atoms with van der Waals surface area (Å²) in [4.78, 5) is 135. The fourth-order valence-corrected chi connectivity index (χ4v) is 11.4. The van der Waals surface area contributed by atoms with Crippen molar-refractivity contribution in [3.05, 3.63) is 249 Å². The molecule has 4 saturated heterocycles. The van der Waals surface area contributed by atoms with Gasteiger partial charge in [0.1, 0.15) is 30.7 Å². The number of ether oxygens (including phenoxy) is 2. The van der Waals surface area contributed by atoms with Gasteiger partial charge in [-0.3, -0.25) is 72.2 Å². The number of aromatic nitrogens is 14. The molecule has 27 heteroatoms. The molecule has 10 aromatic rings. The van der Waals surface area contributed by atoms with Crippen molar-refractivity contribution in [3.8, 4) is 17.1 Å². The number of pyridine rings is 6. The summed E-state index contributed by atoms with van der Waals surface area (Å²) in [5.74, 6) is 5.35. The first-order chi connectivity index (χ1) is 53.8. The molecule has 0 spiro atoms. The molecule has 0 N–H and O–H groups in total. The summed E-state index contributed by atoms with van der Waals surface area (Å²) in [6.07, 6.45) is 30.7. The third kappa shape index (κ3) is 25.5. The summed E-state index contributed by atoms with van der Waals surface area (Å²) in [5, 5.41) is 0. The van der Waals surface area contributed by atoms with E-state index >= 15 is 0 Å². The Morgan fingerprint density at radius 2 is 0.598 bits per heavy atom. The maximum atomic E-state index is 11.7. The fourth-order valence-electron chi connectivity index (χ4n) is 11.4. The Balaban J connectivity index is 0.000000164. The van der Waals surface area contributed by atoms with Gasteiger partial charge in [-0.1, -0.05) is 109 Å². The zero-order valence-electron chi connectivity index (χ0n) is 66.9. The minimum atomic E-state index is -0.151. The van der Waals surface area contributed by atoms with Crippen molar-refractivity contribution in [3.63, 3.8) is 0 Å². The molecular formula is C85H106N18O9. The highest BCUT2D eigenvalue weighted by atomic mass is 16.5. The van der Waals surface area contributed by atoms with Gasteiger partial charge in [0.05, 0.1) is 121 Å². The van der Waals surface area contributed by atoms with E-state index in [1.165, 1.54) is 27.5 Å². The normalized spacial score (nSPS) is 14.3. The van der Waals surface area contributed by atoms with Crippen LogP contribution in [0, 0.1) is 0 Å². The number of hydrogen-bond donors (Lipinski definition) is 0. The number of hydrogen-bond acceptors (Lipinski definition) is 20. The van der Waals surface area contributed by atoms with Gasteiger partial charge in [-0.15, -0.1) is 0 Å². The molecule has 0 saturated carbocycles. The van der Waals surface area contributed by atoms with Crippen LogP contribution < -0.4 is 36.3 Å². The SMILES string of the molecule is CC(C)c1ccc(-n2ccccc2=O)cn1.CC(C)c1ccc(-n2ccncc2=O)cn1.CC(C)c1ccc(N2CCCCC2=O)cn1.CC(C)c1ccc(N2CCOCC2=O)cn1.CC(C)c1ncc(-n2ccccc2=O)cn1.CC(C)c1ncc(N2CCCCC2=O)cn1.CC(C)c1ncc(N2CCOCC2=O)cn1.